The summed E-state index contributed by atoms with van der Waals surface area (Å²) in [5.41, 5.74) is 6.32. The van der Waals surface area contributed by atoms with E-state index in [0.717, 1.165) is 49.1 Å². The van der Waals surface area contributed by atoms with Gasteiger partial charge < -0.3 is 15.7 Å². The summed E-state index contributed by atoms with van der Waals surface area (Å²) in [6.45, 7) is 0. The van der Waals surface area contributed by atoms with E-state index in [1.54, 1.807) is 6.07 Å². The Morgan fingerprint density at radius 3 is 2.43 bits per heavy atom. The number of anilines is 1. The van der Waals surface area contributed by atoms with Crippen LogP contribution >= 0.6 is 11.3 Å². The molecule has 1 aromatic carbocycles. The quantitative estimate of drug-likeness (QED) is 0.489. The van der Waals surface area contributed by atoms with Crippen molar-refractivity contribution in [3.8, 4) is 0 Å². The molecule has 3 unspecified atom stereocenters. The van der Waals surface area contributed by atoms with Crippen LogP contribution < -0.4 is 15.8 Å². The smallest absolute Gasteiger partial charge is 0.233 e. The number of nitrogens with two attached hydrogens (primary N) is 1. The number of fused-ring (bicyclic) bond motifs is 2. The van der Waals surface area contributed by atoms with E-state index in [-0.39, 0.29) is 6.04 Å². The first-order chi connectivity index (χ1) is 14.5. The Labute approximate surface area is 182 Å². The number of thiophene rings is 1. The summed E-state index contributed by atoms with van der Waals surface area (Å²) in [6.07, 6.45) is 7.61. The third-order valence-corrected chi connectivity index (χ3v) is 9.76. The van der Waals surface area contributed by atoms with Crippen molar-refractivity contribution in [1.29, 1.82) is 0 Å². The maximum atomic E-state index is 13.2. The van der Waals surface area contributed by atoms with Gasteiger partial charge in [-0.1, -0.05) is 6.07 Å². The fourth-order valence-electron chi connectivity index (χ4n) is 5.04. The molecule has 3 aliphatic carbocycles. The summed E-state index contributed by atoms with van der Waals surface area (Å²) in [6, 6.07) is 6.40. The molecule has 1 fully saturated rings. The highest BCUT2D eigenvalue weighted by molar-refractivity contribution is 7.93. The average Bonchev–Trinajstić information content (AvgIpc) is 3.12. The zero-order chi connectivity index (χ0) is 20.9. The molecule has 0 spiro atoms. The van der Waals surface area contributed by atoms with Crippen LogP contribution in [0.25, 0.3) is 0 Å². The molecule has 30 heavy (non-hydrogen) atoms. The molecule has 1 aromatic heterocycles. The second-order valence-corrected chi connectivity index (χ2v) is 11.8. The fraction of sp³-hybridized carbons (Fsp3) is 0.545. The predicted octanol–water partition coefficient (Wildman–Crippen LogP) is 3.48. The van der Waals surface area contributed by atoms with Crippen LogP contribution in [0.3, 0.4) is 0 Å². The topological polar surface area (TPSA) is 99.7 Å². The molecule has 0 amide bonds. The molecule has 6 nitrogen and oxygen atoms in total. The van der Waals surface area contributed by atoms with E-state index in [1.165, 1.54) is 46.4 Å². The highest BCUT2D eigenvalue weighted by atomic mass is 32.2. The van der Waals surface area contributed by atoms with Gasteiger partial charge in [0, 0.05) is 16.6 Å². The number of hydrogen-bond acceptors (Lipinski definition) is 6. The molecular weight excluding hydrogens is 416 g/mol. The van der Waals surface area contributed by atoms with Crippen molar-refractivity contribution < 1.29 is 9.32 Å². The number of aliphatic hydroxyl groups excluding tert-OH is 1. The van der Waals surface area contributed by atoms with Crippen molar-refractivity contribution in [2.45, 2.75) is 68.0 Å². The van der Waals surface area contributed by atoms with E-state index in [9.17, 15) is 9.32 Å². The molecule has 0 aliphatic heterocycles. The van der Waals surface area contributed by atoms with Gasteiger partial charge in [0.05, 0.1) is 0 Å². The number of rotatable bonds is 7. The lowest BCUT2D eigenvalue weighted by molar-refractivity contribution is 0.216. The van der Waals surface area contributed by atoms with Crippen LogP contribution in [0.1, 0.15) is 58.9 Å². The van der Waals surface area contributed by atoms with E-state index >= 15 is 0 Å². The molecular formula is C22H30N4O2S2. The summed E-state index contributed by atoms with van der Waals surface area (Å²) in [4.78, 5) is 1.13. The number of nitrogens with one attached hydrogen (secondary N) is 2. The van der Waals surface area contributed by atoms with Gasteiger partial charge in [-0.3, -0.25) is 0 Å². The lowest BCUT2D eigenvalue weighted by Gasteiger charge is -2.19. The Morgan fingerprint density at radius 2 is 1.83 bits per heavy atom. The molecule has 1 saturated carbocycles. The molecule has 162 valence electrons. The summed E-state index contributed by atoms with van der Waals surface area (Å²) in [5.74, 6) is 0.641. The summed E-state index contributed by atoms with van der Waals surface area (Å²) in [5, 5.41) is 23.3. The Bertz CT molecular complexity index is 1050. The minimum atomic E-state index is -3.18. The highest BCUT2D eigenvalue weighted by Crippen LogP contribution is 2.43. The summed E-state index contributed by atoms with van der Waals surface area (Å²) < 4.78 is 17.8. The van der Waals surface area contributed by atoms with Gasteiger partial charge in [-0.25, -0.2) is 9.35 Å². The molecule has 0 bridgehead atoms. The van der Waals surface area contributed by atoms with E-state index in [0.29, 0.717) is 10.1 Å². The Morgan fingerprint density at radius 1 is 1.17 bits per heavy atom. The van der Waals surface area contributed by atoms with Crippen LogP contribution in [0.15, 0.2) is 26.8 Å². The number of nitrogens with zero attached hydrogens (tertiary/aromatic N) is 1. The fourth-order valence-corrected chi connectivity index (χ4v) is 7.60. The van der Waals surface area contributed by atoms with Gasteiger partial charge in [-0.05, 0) is 98.7 Å². The zero-order valence-corrected chi connectivity index (χ0v) is 19.0. The van der Waals surface area contributed by atoms with E-state index < -0.39 is 16.3 Å². The van der Waals surface area contributed by atoms with Crippen molar-refractivity contribution in [3.05, 3.63) is 45.3 Å². The third kappa shape index (κ3) is 3.80. The number of aryl methyl sites for hydroxylation is 2. The third-order valence-electron chi connectivity index (χ3n) is 6.60. The molecule has 0 saturated heterocycles. The van der Waals surface area contributed by atoms with E-state index in [1.807, 2.05) is 13.1 Å². The second-order valence-electron chi connectivity index (χ2n) is 8.69. The lowest BCUT2D eigenvalue weighted by Crippen LogP contribution is -2.23. The maximum Gasteiger partial charge on any atom is 0.233 e. The molecule has 0 radical (unpaired) electrons. The van der Waals surface area contributed by atoms with Crippen LogP contribution in [0.5, 0.6) is 0 Å². The SMILES string of the molecule is CNC(c1ccc(S(N)(=O)=NC(O)Nc2c3c(cc4c2CCC4)CCC3)s1)C1CC1. The van der Waals surface area contributed by atoms with Gasteiger partial charge >= 0.3 is 0 Å². The number of benzene rings is 1. The normalized spacial score (nSPS) is 21.6. The molecule has 8 heteroatoms. The Kier molecular flexibility index (Phi) is 5.39. The Hall–Kier alpha value is -1.45. The molecule has 3 aliphatic rings. The number of aliphatic hydroxyl groups is 1. The van der Waals surface area contributed by atoms with Crippen LogP contribution in [0.2, 0.25) is 0 Å². The first kappa shape index (κ1) is 20.5. The highest BCUT2D eigenvalue weighted by Gasteiger charge is 2.32. The van der Waals surface area contributed by atoms with Crippen LogP contribution in [-0.4, -0.2) is 22.7 Å². The van der Waals surface area contributed by atoms with E-state index in [2.05, 4.69) is 21.1 Å². The van der Waals surface area contributed by atoms with E-state index in [4.69, 9.17) is 5.14 Å². The van der Waals surface area contributed by atoms with Gasteiger partial charge in [0.15, 0.2) is 0 Å². The van der Waals surface area contributed by atoms with Crippen LogP contribution in [0, 0.1) is 5.92 Å². The molecule has 5 N–H and O–H groups in total. The second kappa shape index (κ2) is 7.91. The van der Waals surface area contributed by atoms with Gasteiger partial charge in [0.25, 0.3) is 0 Å². The van der Waals surface area contributed by atoms with Crippen molar-refractivity contribution in [2.75, 3.05) is 12.4 Å². The lowest BCUT2D eigenvalue weighted by atomic mass is 9.99. The summed E-state index contributed by atoms with van der Waals surface area (Å²) >= 11 is 1.43. The van der Waals surface area contributed by atoms with Gasteiger partial charge in [0.1, 0.15) is 14.1 Å². The average molecular weight is 447 g/mol. The molecule has 5 rings (SSSR count). The Balaban J connectivity index is 1.40. The molecule has 1 heterocycles. The first-order valence-corrected chi connectivity index (χ1v) is 13.3. The van der Waals surface area contributed by atoms with Gasteiger partial charge in [-0.2, -0.15) is 4.36 Å². The monoisotopic (exact) mass is 446 g/mol. The van der Waals surface area contributed by atoms with Crippen molar-refractivity contribution in [3.63, 3.8) is 0 Å². The molecule has 3 atom stereocenters. The predicted molar refractivity (Wildman–Crippen MR) is 122 cm³/mol. The summed E-state index contributed by atoms with van der Waals surface area (Å²) in [7, 11) is -1.23. The van der Waals surface area contributed by atoms with Crippen LogP contribution in [0.4, 0.5) is 5.69 Å². The zero-order valence-electron chi connectivity index (χ0n) is 17.3. The molecule has 2 aromatic rings. The van der Waals surface area contributed by atoms with Crippen LogP contribution in [-0.2, 0) is 35.6 Å². The largest absolute Gasteiger partial charge is 0.355 e. The van der Waals surface area contributed by atoms with Gasteiger partial charge in [-0.15, -0.1) is 11.3 Å². The van der Waals surface area contributed by atoms with Crippen molar-refractivity contribution in [1.82, 2.24) is 5.32 Å². The minimum absolute atomic E-state index is 0.275. The maximum absolute atomic E-state index is 13.2. The first-order valence-electron chi connectivity index (χ1n) is 10.9. The minimum Gasteiger partial charge on any atom is -0.355 e. The van der Waals surface area contributed by atoms with Crippen molar-refractivity contribution >= 4 is 26.9 Å². The van der Waals surface area contributed by atoms with Gasteiger partial charge in [0.2, 0.25) is 6.35 Å². The van der Waals surface area contributed by atoms with Crippen molar-refractivity contribution in [2.24, 2.45) is 15.4 Å². The number of hydrogen-bond donors (Lipinski definition) is 4. The standard InChI is InChI=1S/C22H30N4O2S2/c1-24-20(13-8-9-13)18-10-11-19(29-18)30(23,28)26-22(27)25-21-16-6-2-4-14(16)12-15-5-3-7-17(15)21/h10-13,20,22,24-25,27H,2-9H2,1H3,(H2,23,26,28).